The summed E-state index contributed by atoms with van der Waals surface area (Å²) in [4.78, 5) is 3.47. The van der Waals surface area contributed by atoms with Crippen LogP contribution in [-0.4, -0.2) is 30.9 Å². The van der Waals surface area contributed by atoms with Crippen molar-refractivity contribution in [2.45, 2.75) is 16.7 Å². The van der Waals surface area contributed by atoms with E-state index in [4.69, 9.17) is 5.73 Å². The average Bonchev–Trinajstić information content (AvgIpc) is 2.88. The van der Waals surface area contributed by atoms with Crippen molar-refractivity contribution in [1.29, 1.82) is 0 Å². The summed E-state index contributed by atoms with van der Waals surface area (Å²) >= 11 is 1.11. The summed E-state index contributed by atoms with van der Waals surface area (Å²) in [6.07, 6.45) is 0. The predicted molar refractivity (Wildman–Crippen MR) is 93.8 cm³/mol. The van der Waals surface area contributed by atoms with E-state index in [2.05, 4.69) is 4.98 Å². The Labute approximate surface area is 147 Å². The van der Waals surface area contributed by atoms with Crippen molar-refractivity contribution < 1.29 is 25.9 Å². The molecule has 0 atom stereocenters. The number of rotatable bonds is 3. The molecule has 11 heteroatoms. The van der Waals surface area contributed by atoms with Crippen LogP contribution >= 0.6 is 11.3 Å². The minimum atomic E-state index is -4.52. The van der Waals surface area contributed by atoms with Crippen molar-refractivity contribution in [3.05, 3.63) is 35.9 Å². The second-order valence-electron chi connectivity index (χ2n) is 5.28. The monoisotopic (exact) mass is 400 g/mol. The van der Waals surface area contributed by atoms with E-state index in [1.54, 1.807) is 12.1 Å². The molecule has 0 fully saturated rings. The topological polar surface area (TPSA) is 148 Å². The van der Waals surface area contributed by atoms with Gasteiger partial charge in [0, 0.05) is 5.56 Å². The minimum absolute atomic E-state index is 0.0905. The SMILES string of the molecule is Cc1ccc2sc(-c3ccc(N)c(S(=O)(=O)O)c3)nc2c1S(=O)(=O)O. The third-order valence-corrected chi connectivity index (χ3v) is 6.52. The van der Waals surface area contributed by atoms with Gasteiger partial charge in [-0.2, -0.15) is 16.8 Å². The maximum atomic E-state index is 11.6. The number of anilines is 1. The maximum Gasteiger partial charge on any atom is 0.296 e. The summed E-state index contributed by atoms with van der Waals surface area (Å²) in [7, 11) is -9.00. The third kappa shape index (κ3) is 3.24. The quantitative estimate of drug-likeness (QED) is 0.448. The van der Waals surface area contributed by atoms with Gasteiger partial charge in [-0.3, -0.25) is 9.11 Å². The molecule has 3 aromatic rings. The summed E-state index contributed by atoms with van der Waals surface area (Å²) in [5, 5.41) is 0.315. The predicted octanol–water partition coefficient (Wildman–Crippen LogP) is 2.35. The highest BCUT2D eigenvalue weighted by molar-refractivity contribution is 7.86. The number of fused-ring (bicyclic) bond motifs is 1. The van der Waals surface area contributed by atoms with Gasteiger partial charge in [-0.05, 0) is 36.8 Å². The van der Waals surface area contributed by atoms with Crippen LogP contribution in [-0.2, 0) is 20.2 Å². The molecule has 0 spiro atoms. The van der Waals surface area contributed by atoms with Gasteiger partial charge in [0.1, 0.15) is 20.3 Å². The van der Waals surface area contributed by atoms with E-state index in [-0.39, 0.29) is 16.1 Å². The number of aryl methyl sites for hydroxylation is 1. The Hall–Kier alpha value is -2.05. The highest BCUT2D eigenvalue weighted by atomic mass is 32.2. The molecule has 0 aliphatic rings. The number of hydrogen-bond donors (Lipinski definition) is 3. The summed E-state index contributed by atoms with van der Waals surface area (Å²) < 4.78 is 65.2. The summed E-state index contributed by atoms with van der Waals surface area (Å²) in [6.45, 7) is 1.53. The van der Waals surface area contributed by atoms with E-state index in [1.165, 1.54) is 19.1 Å². The van der Waals surface area contributed by atoms with Crippen molar-refractivity contribution in [3.63, 3.8) is 0 Å². The molecule has 0 aliphatic carbocycles. The molecule has 0 unspecified atom stereocenters. The van der Waals surface area contributed by atoms with E-state index in [9.17, 15) is 25.9 Å². The fourth-order valence-corrected chi connectivity index (χ4v) is 4.96. The van der Waals surface area contributed by atoms with Crippen molar-refractivity contribution >= 4 is 47.5 Å². The summed E-state index contributed by atoms with van der Waals surface area (Å²) in [6, 6.07) is 7.16. The fourth-order valence-electron chi connectivity index (χ4n) is 2.41. The van der Waals surface area contributed by atoms with E-state index in [1.807, 2.05) is 0 Å². The van der Waals surface area contributed by atoms with Crippen molar-refractivity contribution in [3.8, 4) is 10.6 Å². The molecule has 0 saturated carbocycles. The highest BCUT2D eigenvalue weighted by Gasteiger charge is 2.22. The Kier molecular flexibility index (Phi) is 4.08. The van der Waals surface area contributed by atoms with Crippen LogP contribution in [0, 0.1) is 6.92 Å². The number of nitrogen functional groups attached to an aromatic ring is 1. The van der Waals surface area contributed by atoms with Crippen LogP contribution in [0.4, 0.5) is 5.69 Å². The normalized spacial score (nSPS) is 12.6. The molecule has 0 bridgehead atoms. The van der Waals surface area contributed by atoms with Gasteiger partial charge in [0.2, 0.25) is 0 Å². The number of benzene rings is 2. The molecule has 0 aliphatic heterocycles. The van der Waals surface area contributed by atoms with Gasteiger partial charge in [-0.1, -0.05) is 6.07 Å². The second-order valence-corrected chi connectivity index (χ2v) is 9.06. The van der Waals surface area contributed by atoms with E-state index in [0.29, 0.717) is 20.8 Å². The van der Waals surface area contributed by atoms with Crippen molar-refractivity contribution in [2.75, 3.05) is 5.73 Å². The first-order valence-electron chi connectivity index (χ1n) is 6.73. The lowest BCUT2D eigenvalue weighted by Gasteiger charge is -2.04. The number of nitrogens with zero attached hydrogens (tertiary/aromatic N) is 1. The third-order valence-electron chi connectivity index (χ3n) is 3.51. The zero-order chi connectivity index (χ0) is 18.6. The van der Waals surface area contributed by atoms with Crippen LogP contribution in [0.15, 0.2) is 40.1 Å². The fraction of sp³-hybridized carbons (Fsp3) is 0.0714. The van der Waals surface area contributed by atoms with Gasteiger partial charge in [0.15, 0.2) is 0 Å². The molecule has 1 heterocycles. The number of thiazole rings is 1. The number of nitrogens with two attached hydrogens (primary N) is 1. The van der Waals surface area contributed by atoms with Gasteiger partial charge in [-0.15, -0.1) is 11.3 Å². The van der Waals surface area contributed by atoms with Crippen LogP contribution in [0.1, 0.15) is 5.56 Å². The van der Waals surface area contributed by atoms with Crippen LogP contribution in [0.3, 0.4) is 0 Å². The Morgan fingerprint density at radius 3 is 2.32 bits per heavy atom. The molecule has 2 aromatic carbocycles. The zero-order valence-corrected chi connectivity index (χ0v) is 15.1. The molecule has 25 heavy (non-hydrogen) atoms. The lowest BCUT2D eigenvalue weighted by atomic mass is 10.2. The molecular formula is C14H12N2O6S3. The molecule has 4 N–H and O–H groups in total. The molecule has 0 saturated heterocycles. The molecule has 1 aromatic heterocycles. The Morgan fingerprint density at radius 2 is 1.72 bits per heavy atom. The van der Waals surface area contributed by atoms with Gasteiger partial charge in [0.25, 0.3) is 20.2 Å². The molecule has 132 valence electrons. The molecule has 0 radical (unpaired) electrons. The Bertz CT molecular complexity index is 1210. The van der Waals surface area contributed by atoms with E-state index >= 15 is 0 Å². The van der Waals surface area contributed by atoms with Gasteiger partial charge < -0.3 is 5.73 Å². The largest absolute Gasteiger partial charge is 0.398 e. The first-order chi connectivity index (χ1) is 11.5. The first-order valence-corrected chi connectivity index (χ1v) is 10.4. The second kappa shape index (κ2) is 5.75. The lowest BCUT2D eigenvalue weighted by molar-refractivity contribution is 0.481. The van der Waals surface area contributed by atoms with Crippen LogP contribution < -0.4 is 5.73 Å². The van der Waals surface area contributed by atoms with Gasteiger partial charge >= 0.3 is 0 Å². The van der Waals surface area contributed by atoms with Gasteiger partial charge in [-0.25, -0.2) is 4.98 Å². The number of hydrogen-bond acceptors (Lipinski definition) is 7. The van der Waals surface area contributed by atoms with Crippen LogP contribution in [0.25, 0.3) is 20.8 Å². The smallest absolute Gasteiger partial charge is 0.296 e. The molecular weight excluding hydrogens is 388 g/mol. The average molecular weight is 400 g/mol. The van der Waals surface area contributed by atoms with Gasteiger partial charge in [0.05, 0.1) is 10.4 Å². The van der Waals surface area contributed by atoms with Crippen molar-refractivity contribution in [2.24, 2.45) is 0 Å². The van der Waals surface area contributed by atoms with E-state index < -0.39 is 25.1 Å². The zero-order valence-electron chi connectivity index (χ0n) is 12.7. The molecule has 0 amide bonds. The lowest BCUT2D eigenvalue weighted by Crippen LogP contribution is -2.03. The Morgan fingerprint density at radius 1 is 1.04 bits per heavy atom. The summed E-state index contributed by atoms with van der Waals surface area (Å²) in [5.41, 5.74) is 6.20. The maximum absolute atomic E-state index is 11.6. The molecule has 3 rings (SSSR count). The molecule has 8 nitrogen and oxygen atoms in total. The van der Waals surface area contributed by atoms with E-state index in [0.717, 1.165) is 17.4 Å². The standard InChI is InChI=1S/C14H12N2O6S3/c1-7-2-5-10-12(13(7)25(20,21)22)16-14(23-10)8-3-4-9(15)11(6-8)24(17,18)19/h2-6H,15H2,1H3,(H,17,18,19)(H,20,21,22). The Balaban J connectivity index is 2.29. The minimum Gasteiger partial charge on any atom is -0.398 e. The van der Waals surface area contributed by atoms with Crippen molar-refractivity contribution in [1.82, 2.24) is 4.98 Å². The van der Waals surface area contributed by atoms with Crippen LogP contribution in [0.2, 0.25) is 0 Å². The highest BCUT2D eigenvalue weighted by Crippen LogP contribution is 2.36. The summed E-state index contributed by atoms with van der Waals surface area (Å²) in [5.74, 6) is 0. The van der Waals surface area contributed by atoms with Crippen LogP contribution in [0.5, 0.6) is 0 Å². The number of aromatic nitrogens is 1. The first kappa shape index (κ1) is 17.8.